The number of unbranched alkanes of at least 4 members (excludes halogenated alkanes) is 1. The van der Waals surface area contributed by atoms with E-state index in [0.717, 1.165) is 19.3 Å². The Kier molecular flexibility index (Phi) is 10.0. The molecule has 0 saturated heterocycles. The highest BCUT2D eigenvalue weighted by molar-refractivity contribution is 8.16. The Hall–Kier alpha value is -2.55. The van der Waals surface area contributed by atoms with E-state index in [1.165, 1.54) is 17.8 Å². The molecule has 0 fully saturated rings. The minimum Gasteiger partial charge on any atom is -0.489 e. The summed E-state index contributed by atoms with van der Waals surface area (Å²) in [6.45, 7) is 12.1. The molecule has 1 aromatic rings. The van der Waals surface area contributed by atoms with Crippen LogP contribution in [0.4, 0.5) is 0 Å². The quantitative estimate of drug-likeness (QED) is 0.203. The molecule has 0 aliphatic carbocycles. The number of carbonyl (C=O) groups is 1. The molecule has 2 rings (SSSR count). The third-order valence-corrected chi connectivity index (χ3v) is 6.15. The SMILES string of the molecule is C=CCOc1cc([C@@H](CCC)NC(=O)[C@]2(C)CSC(/C(C)=N/OCCCC)=N2)oc(=O)c1. The summed E-state index contributed by atoms with van der Waals surface area (Å²) >= 11 is 1.48. The van der Waals surface area contributed by atoms with Gasteiger partial charge in [-0.25, -0.2) is 4.79 Å². The Morgan fingerprint density at radius 2 is 2.22 bits per heavy atom. The summed E-state index contributed by atoms with van der Waals surface area (Å²) in [5.74, 6) is 0.983. The van der Waals surface area contributed by atoms with Gasteiger partial charge in [-0.2, -0.15) is 0 Å². The van der Waals surface area contributed by atoms with Gasteiger partial charge in [0.05, 0.1) is 12.1 Å². The van der Waals surface area contributed by atoms with Crippen molar-refractivity contribution < 1.29 is 18.8 Å². The molecule has 0 spiro atoms. The second kappa shape index (κ2) is 12.5. The fraction of sp³-hybridized carbons (Fsp3) is 0.565. The van der Waals surface area contributed by atoms with E-state index in [2.05, 4.69) is 29.0 Å². The molecule has 2 heterocycles. The van der Waals surface area contributed by atoms with Gasteiger partial charge in [-0.15, -0.1) is 11.8 Å². The van der Waals surface area contributed by atoms with E-state index >= 15 is 0 Å². The Labute approximate surface area is 193 Å². The van der Waals surface area contributed by atoms with Crippen LogP contribution in [0.5, 0.6) is 5.75 Å². The molecule has 1 N–H and O–H groups in total. The number of aliphatic imine (C=N–C) groups is 1. The first-order chi connectivity index (χ1) is 15.3. The zero-order valence-corrected chi connectivity index (χ0v) is 20.1. The van der Waals surface area contributed by atoms with E-state index in [9.17, 15) is 9.59 Å². The molecule has 0 radical (unpaired) electrons. The van der Waals surface area contributed by atoms with Crippen molar-refractivity contribution in [2.75, 3.05) is 19.0 Å². The lowest BCUT2D eigenvalue weighted by molar-refractivity contribution is -0.125. The van der Waals surface area contributed by atoms with Gasteiger partial charge >= 0.3 is 5.63 Å². The first-order valence-electron chi connectivity index (χ1n) is 10.9. The highest BCUT2D eigenvalue weighted by Crippen LogP contribution is 2.30. The first-order valence-corrected chi connectivity index (χ1v) is 11.9. The number of hydrogen-bond donors (Lipinski definition) is 1. The number of thioether (sulfide) groups is 1. The molecule has 2 atom stereocenters. The van der Waals surface area contributed by atoms with Crippen molar-refractivity contribution in [1.29, 1.82) is 0 Å². The number of rotatable bonds is 13. The van der Waals surface area contributed by atoms with Gasteiger partial charge in [0.2, 0.25) is 5.91 Å². The maximum absolute atomic E-state index is 13.2. The molecule has 0 bridgehead atoms. The van der Waals surface area contributed by atoms with Gasteiger partial charge in [-0.05, 0) is 26.7 Å². The van der Waals surface area contributed by atoms with Gasteiger partial charge in [0.25, 0.3) is 0 Å². The molecular formula is C23H33N3O5S. The van der Waals surface area contributed by atoms with Crippen molar-refractivity contribution in [3.63, 3.8) is 0 Å². The second-order valence-electron chi connectivity index (χ2n) is 7.77. The number of amides is 1. The molecule has 176 valence electrons. The topological polar surface area (TPSA) is 102 Å². The third kappa shape index (κ3) is 7.25. The van der Waals surface area contributed by atoms with Gasteiger partial charge in [-0.3, -0.25) is 9.79 Å². The summed E-state index contributed by atoms with van der Waals surface area (Å²) in [4.78, 5) is 35.1. The number of ether oxygens (including phenoxy) is 1. The third-order valence-electron chi connectivity index (χ3n) is 4.78. The second-order valence-corrected chi connectivity index (χ2v) is 8.74. The van der Waals surface area contributed by atoms with Crippen molar-refractivity contribution in [1.82, 2.24) is 5.32 Å². The zero-order chi connectivity index (χ0) is 23.6. The van der Waals surface area contributed by atoms with Gasteiger partial charge in [0, 0.05) is 11.8 Å². The van der Waals surface area contributed by atoms with Crippen LogP contribution in [0.3, 0.4) is 0 Å². The van der Waals surface area contributed by atoms with Crippen LogP contribution in [0.1, 0.15) is 65.2 Å². The zero-order valence-electron chi connectivity index (χ0n) is 19.3. The van der Waals surface area contributed by atoms with Crippen LogP contribution in [0.2, 0.25) is 0 Å². The highest BCUT2D eigenvalue weighted by Gasteiger charge is 2.40. The Balaban J connectivity index is 2.16. The summed E-state index contributed by atoms with van der Waals surface area (Å²) in [6, 6.07) is 2.44. The number of oxime groups is 1. The molecule has 1 aliphatic rings. The minimum absolute atomic E-state index is 0.238. The largest absolute Gasteiger partial charge is 0.489 e. The molecule has 1 aromatic heterocycles. The van der Waals surface area contributed by atoms with E-state index < -0.39 is 17.2 Å². The van der Waals surface area contributed by atoms with E-state index in [1.54, 1.807) is 19.1 Å². The van der Waals surface area contributed by atoms with Crippen LogP contribution in [-0.2, 0) is 9.63 Å². The fourth-order valence-corrected chi connectivity index (χ4v) is 4.09. The molecule has 0 unspecified atom stereocenters. The molecular weight excluding hydrogens is 430 g/mol. The molecule has 1 amide bonds. The van der Waals surface area contributed by atoms with Crippen molar-refractivity contribution in [3.05, 3.63) is 41.0 Å². The van der Waals surface area contributed by atoms with E-state index in [-0.39, 0.29) is 12.5 Å². The molecule has 0 saturated carbocycles. The number of nitrogens with one attached hydrogen (secondary N) is 1. The summed E-state index contributed by atoms with van der Waals surface area (Å²) in [7, 11) is 0. The Morgan fingerprint density at radius 1 is 1.44 bits per heavy atom. The molecule has 32 heavy (non-hydrogen) atoms. The smallest absolute Gasteiger partial charge is 0.339 e. The number of nitrogens with zero attached hydrogens (tertiary/aromatic N) is 2. The monoisotopic (exact) mass is 463 g/mol. The van der Waals surface area contributed by atoms with Gasteiger partial charge in [-0.1, -0.05) is 44.5 Å². The number of carbonyl (C=O) groups excluding carboxylic acids is 1. The lowest BCUT2D eigenvalue weighted by Crippen LogP contribution is -2.45. The predicted octanol–water partition coefficient (Wildman–Crippen LogP) is 4.26. The van der Waals surface area contributed by atoms with E-state index in [4.69, 9.17) is 14.0 Å². The average molecular weight is 464 g/mol. The normalized spacial score (nSPS) is 19.2. The summed E-state index contributed by atoms with van der Waals surface area (Å²) in [5, 5.41) is 7.81. The fourth-order valence-electron chi connectivity index (χ4n) is 2.96. The lowest BCUT2D eigenvalue weighted by atomic mass is 10.0. The molecule has 8 nitrogen and oxygen atoms in total. The number of hydrogen-bond acceptors (Lipinski definition) is 8. The van der Waals surface area contributed by atoms with Gasteiger partial charge < -0.3 is 19.3 Å². The van der Waals surface area contributed by atoms with Crippen LogP contribution in [0, 0.1) is 0 Å². The van der Waals surface area contributed by atoms with Crippen molar-refractivity contribution >= 4 is 28.4 Å². The highest BCUT2D eigenvalue weighted by atomic mass is 32.2. The van der Waals surface area contributed by atoms with E-state index in [1.807, 2.05) is 13.8 Å². The Bertz CT molecular complexity index is 911. The van der Waals surface area contributed by atoms with Crippen LogP contribution in [-0.4, -0.2) is 41.2 Å². The van der Waals surface area contributed by atoms with Crippen molar-refractivity contribution in [2.45, 2.75) is 65.0 Å². The van der Waals surface area contributed by atoms with Crippen molar-refractivity contribution in [2.24, 2.45) is 10.1 Å². The lowest BCUT2D eigenvalue weighted by Gasteiger charge is -2.24. The van der Waals surface area contributed by atoms with E-state index in [0.29, 0.717) is 41.0 Å². The standard InChI is InChI=1S/C23H33N3O5S/c1-6-9-12-30-26-16(4)21-25-23(5,15-32-21)22(28)24-18(10-7-2)19-13-17(29-11-8-3)14-20(27)31-19/h8,13-14,18H,3,6-7,9-12,15H2,1-2,4-5H3,(H,24,28)/b26-16+/t18-,23+/m1/s1. The molecule has 0 aromatic carbocycles. The van der Waals surface area contributed by atoms with Crippen LogP contribution in [0.15, 0.2) is 44.1 Å². The maximum Gasteiger partial charge on any atom is 0.339 e. The maximum atomic E-state index is 13.2. The summed E-state index contributed by atoms with van der Waals surface area (Å²) < 4.78 is 10.9. The van der Waals surface area contributed by atoms with Crippen LogP contribution >= 0.6 is 11.8 Å². The average Bonchev–Trinajstić information content (AvgIpc) is 3.18. The van der Waals surface area contributed by atoms with Gasteiger partial charge in [0.15, 0.2) is 0 Å². The van der Waals surface area contributed by atoms with Crippen molar-refractivity contribution in [3.8, 4) is 5.75 Å². The van der Waals surface area contributed by atoms with Crippen LogP contribution < -0.4 is 15.7 Å². The first kappa shape index (κ1) is 25.7. The molecule has 1 aliphatic heterocycles. The minimum atomic E-state index is -0.955. The molecule has 9 heteroatoms. The van der Waals surface area contributed by atoms with Crippen LogP contribution in [0.25, 0.3) is 0 Å². The Morgan fingerprint density at radius 3 is 2.91 bits per heavy atom. The van der Waals surface area contributed by atoms with Gasteiger partial charge in [0.1, 0.15) is 41.0 Å². The summed E-state index contributed by atoms with van der Waals surface area (Å²) in [5.41, 5.74) is -0.829. The predicted molar refractivity (Wildman–Crippen MR) is 129 cm³/mol. The summed E-state index contributed by atoms with van der Waals surface area (Å²) in [6.07, 6.45) is 4.95.